The summed E-state index contributed by atoms with van der Waals surface area (Å²) in [5.74, 6) is 1.20. The van der Waals surface area contributed by atoms with E-state index in [2.05, 4.69) is 24.5 Å². The average Bonchev–Trinajstić information content (AvgIpc) is 2.27. The molecule has 0 radical (unpaired) electrons. The fourth-order valence-corrected chi connectivity index (χ4v) is 1.30. The molecule has 0 bridgehead atoms. The van der Waals surface area contributed by atoms with Gasteiger partial charge in [0.05, 0.1) is 6.61 Å². The highest BCUT2D eigenvalue weighted by Gasteiger charge is 2.03. The van der Waals surface area contributed by atoms with Gasteiger partial charge in [-0.25, -0.2) is 4.79 Å². The van der Waals surface area contributed by atoms with Gasteiger partial charge in [0.15, 0.2) is 0 Å². The molecular formula is C13H20N2O2. The Morgan fingerprint density at radius 2 is 2.18 bits per heavy atom. The molecule has 0 aliphatic rings. The van der Waals surface area contributed by atoms with Crippen LogP contribution in [0.25, 0.3) is 0 Å². The van der Waals surface area contributed by atoms with Gasteiger partial charge in [-0.2, -0.15) is 0 Å². The summed E-state index contributed by atoms with van der Waals surface area (Å²) in [6, 6.07) is 7.16. The van der Waals surface area contributed by atoms with Crippen LogP contribution in [0.2, 0.25) is 0 Å². The maximum atomic E-state index is 11.5. The quantitative estimate of drug-likeness (QED) is 0.826. The minimum Gasteiger partial charge on any atom is -0.494 e. The molecule has 17 heavy (non-hydrogen) atoms. The van der Waals surface area contributed by atoms with Crippen LogP contribution >= 0.6 is 0 Å². The van der Waals surface area contributed by atoms with Crippen LogP contribution in [-0.4, -0.2) is 19.2 Å². The second kappa shape index (κ2) is 6.78. The summed E-state index contributed by atoms with van der Waals surface area (Å²) in [5.41, 5.74) is 0.734. The van der Waals surface area contributed by atoms with E-state index in [0.717, 1.165) is 11.4 Å². The van der Waals surface area contributed by atoms with E-state index >= 15 is 0 Å². The molecule has 0 atom stereocenters. The predicted molar refractivity (Wildman–Crippen MR) is 69.5 cm³/mol. The lowest BCUT2D eigenvalue weighted by atomic mass is 10.2. The van der Waals surface area contributed by atoms with Crippen LogP contribution in [-0.2, 0) is 0 Å². The molecule has 4 heteroatoms. The zero-order valence-corrected chi connectivity index (χ0v) is 10.6. The summed E-state index contributed by atoms with van der Waals surface area (Å²) in [4.78, 5) is 11.5. The van der Waals surface area contributed by atoms with Crippen LogP contribution in [0.5, 0.6) is 5.75 Å². The maximum Gasteiger partial charge on any atom is 0.319 e. The molecule has 0 aromatic heterocycles. The molecule has 2 N–H and O–H groups in total. The minimum absolute atomic E-state index is 0.188. The summed E-state index contributed by atoms with van der Waals surface area (Å²) in [7, 11) is 0. The Kier molecular flexibility index (Phi) is 5.33. The van der Waals surface area contributed by atoms with Crippen molar-refractivity contribution in [1.29, 1.82) is 0 Å². The molecule has 0 aliphatic heterocycles. The molecule has 2 amide bonds. The topological polar surface area (TPSA) is 50.4 Å². The number of benzene rings is 1. The van der Waals surface area contributed by atoms with E-state index < -0.39 is 0 Å². The lowest BCUT2D eigenvalue weighted by molar-refractivity contribution is 0.251. The van der Waals surface area contributed by atoms with Crippen molar-refractivity contribution in [3.8, 4) is 5.75 Å². The fourth-order valence-electron chi connectivity index (χ4n) is 1.30. The molecular weight excluding hydrogens is 216 g/mol. The maximum absolute atomic E-state index is 11.5. The largest absolute Gasteiger partial charge is 0.494 e. The highest BCUT2D eigenvalue weighted by Crippen LogP contribution is 2.16. The number of ether oxygens (including phenoxy) is 1. The van der Waals surface area contributed by atoms with Crippen LogP contribution in [0, 0.1) is 5.92 Å². The second-order valence-electron chi connectivity index (χ2n) is 4.19. The molecule has 1 rings (SSSR count). The highest BCUT2D eigenvalue weighted by molar-refractivity contribution is 5.89. The van der Waals surface area contributed by atoms with Crippen molar-refractivity contribution in [2.24, 2.45) is 5.92 Å². The van der Waals surface area contributed by atoms with Crippen LogP contribution in [0.1, 0.15) is 20.8 Å². The number of hydrogen-bond acceptors (Lipinski definition) is 2. The van der Waals surface area contributed by atoms with Crippen LogP contribution in [0.4, 0.5) is 10.5 Å². The van der Waals surface area contributed by atoms with Gasteiger partial charge in [-0.1, -0.05) is 19.9 Å². The molecule has 0 heterocycles. The van der Waals surface area contributed by atoms with Gasteiger partial charge in [0.1, 0.15) is 5.75 Å². The number of rotatable bonds is 5. The molecule has 0 saturated carbocycles. The van der Waals surface area contributed by atoms with Crippen LogP contribution in [0.15, 0.2) is 24.3 Å². The first-order valence-electron chi connectivity index (χ1n) is 5.89. The molecule has 0 saturated heterocycles. The molecule has 0 aliphatic carbocycles. The SMILES string of the molecule is CCOc1cccc(NC(=O)NCC(C)C)c1. The number of anilines is 1. The first-order chi connectivity index (χ1) is 8.11. The zero-order valence-electron chi connectivity index (χ0n) is 10.6. The zero-order chi connectivity index (χ0) is 12.7. The summed E-state index contributed by atoms with van der Waals surface area (Å²) in [5, 5.41) is 5.56. The second-order valence-corrected chi connectivity index (χ2v) is 4.19. The summed E-state index contributed by atoms with van der Waals surface area (Å²) in [6.07, 6.45) is 0. The van der Waals surface area contributed by atoms with Crippen molar-refractivity contribution < 1.29 is 9.53 Å². The molecule has 1 aromatic rings. The van der Waals surface area contributed by atoms with Crippen LogP contribution in [0.3, 0.4) is 0 Å². The van der Waals surface area contributed by atoms with Gasteiger partial charge >= 0.3 is 6.03 Å². The van der Waals surface area contributed by atoms with E-state index in [1.165, 1.54) is 0 Å². The van der Waals surface area contributed by atoms with Crippen molar-refractivity contribution in [1.82, 2.24) is 5.32 Å². The Morgan fingerprint density at radius 1 is 1.41 bits per heavy atom. The van der Waals surface area contributed by atoms with Gasteiger partial charge < -0.3 is 15.4 Å². The van der Waals surface area contributed by atoms with Gasteiger partial charge in [0.25, 0.3) is 0 Å². The molecule has 0 spiro atoms. The number of urea groups is 1. The van der Waals surface area contributed by atoms with E-state index in [9.17, 15) is 4.79 Å². The first kappa shape index (κ1) is 13.4. The van der Waals surface area contributed by atoms with Gasteiger partial charge in [-0.15, -0.1) is 0 Å². The lowest BCUT2D eigenvalue weighted by Gasteiger charge is -2.10. The average molecular weight is 236 g/mol. The smallest absolute Gasteiger partial charge is 0.319 e. The van der Waals surface area contributed by atoms with Crippen molar-refractivity contribution in [3.63, 3.8) is 0 Å². The summed E-state index contributed by atoms with van der Waals surface area (Å²) >= 11 is 0. The third kappa shape index (κ3) is 5.24. The number of carbonyl (C=O) groups excluding carboxylic acids is 1. The summed E-state index contributed by atoms with van der Waals surface area (Å²) in [6.45, 7) is 7.31. The van der Waals surface area contributed by atoms with Gasteiger partial charge in [0.2, 0.25) is 0 Å². The van der Waals surface area contributed by atoms with Crippen molar-refractivity contribution in [2.45, 2.75) is 20.8 Å². The van der Waals surface area contributed by atoms with Crippen molar-refractivity contribution in [2.75, 3.05) is 18.5 Å². The van der Waals surface area contributed by atoms with Gasteiger partial charge in [0, 0.05) is 18.3 Å². The van der Waals surface area contributed by atoms with Crippen molar-refractivity contribution >= 4 is 11.7 Å². The number of hydrogen-bond donors (Lipinski definition) is 2. The third-order valence-corrected chi connectivity index (χ3v) is 2.07. The van der Waals surface area contributed by atoms with E-state index in [-0.39, 0.29) is 6.03 Å². The third-order valence-electron chi connectivity index (χ3n) is 2.07. The van der Waals surface area contributed by atoms with Crippen molar-refractivity contribution in [3.05, 3.63) is 24.3 Å². The number of amides is 2. The standard InChI is InChI=1S/C13H20N2O2/c1-4-17-12-7-5-6-11(8-12)15-13(16)14-9-10(2)3/h5-8,10H,4,9H2,1-3H3,(H2,14,15,16). The Balaban J connectivity index is 2.50. The number of carbonyl (C=O) groups is 1. The molecule has 0 unspecified atom stereocenters. The van der Waals surface area contributed by atoms with E-state index in [1.807, 2.05) is 25.1 Å². The van der Waals surface area contributed by atoms with E-state index in [1.54, 1.807) is 6.07 Å². The van der Waals surface area contributed by atoms with Gasteiger partial charge in [-0.05, 0) is 25.0 Å². The Morgan fingerprint density at radius 3 is 2.82 bits per heavy atom. The summed E-state index contributed by atoms with van der Waals surface area (Å²) < 4.78 is 5.35. The first-order valence-corrected chi connectivity index (χ1v) is 5.89. The molecule has 94 valence electrons. The van der Waals surface area contributed by atoms with Crippen LogP contribution < -0.4 is 15.4 Å². The number of nitrogens with one attached hydrogen (secondary N) is 2. The lowest BCUT2D eigenvalue weighted by Crippen LogP contribution is -2.31. The normalized spacial score (nSPS) is 10.1. The Bertz CT molecular complexity index is 364. The fraction of sp³-hybridized carbons (Fsp3) is 0.462. The Labute approximate surface area is 102 Å². The molecule has 1 aromatic carbocycles. The Hall–Kier alpha value is -1.71. The van der Waals surface area contributed by atoms with E-state index in [0.29, 0.717) is 19.1 Å². The highest BCUT2D eigenvalue weighted by atomic mass is 16.5. The molecule has 0 fully saturated rings. The predicted octanol–water partition coefficient (Wildman–Crippen LogP) is 2.86. The monoisotopic (exact) mass is 236 g/mol. The minimum atomic E-state index is -0.188. The molecule has 4 nitrogen and oxygen atoms in total. The van der Waals surface area contributed by atoms with E-state index in [4.69, 9.17) is 4.74 Å². The van der Waals surface area contributed by atoms with Gasteiger partial charge in [-0.3, -0.25) is 0 Å².